The SMILES string of the molecule is O=S(=O)(c1cnc2n1CCCC2)N1CCC(c2cn3ncnc3cc2C(F)(F)F)CC1. The van der Waals surface area contributed by atoms with Gasteiger partial charge in [0.2, 0.25) is 0 Å². The highest BCUT2D eigenvalue weighted by Crippen LogP contribution is 2.40. The highest BCUT2D eigenvalue weighted by Gasteiger charge is 2.39. The van der Waals surface area contributed by atoms with Crippen molar-refractivity contribution in [3.05, 3.63) is 41.7 Å². The minimum atomic E-state index is -4.52. The number of fused-ring (bicyclic) bond motifs is 2. The Morgan fingerprint density at radius 1 is 1.06 bits per heavy atom. The molecule has 8 nitrogen and oxygen atoms in total. The van der Waals surface area contributed by atoms with Gasteiger partial charge in [0, 0.05) is 32.3 Å². The van der Waals surface area contributed by atoms with Crippen LogP contribution in [-0.4, -0.2) is 50.0 Å². The number of alkyl halides is 3. The Balaban J connectivity index is 1.40. The van der Waals surface area contributed by atoms with Crippen LogP contribution in [0, 0.1) is 0 Å². The van der Waals surface area contributed by atoms with Gasteiger partial charge in [-0.25, -0.2) is 22.9 Å². The minimum Gasteiger partial charge on any atom is -0.318 e. The normalized spacial score (nSPS) is 19.1. The highest BCUT2D eigenvalue weighted by molar-refractivity contribution is 7.89. The van der Waals surface area contributed by atoms with E-state index in [0.717, 1.165) is 31.2 Å². The number of aromatic nitrogens is 5. The molecule has 0 radical (unpaired) electrons. The van der Waals surface area contributed by atoms with Crippen molar-refractivity contribution in [3.8, 4) is 0 Å². The Hall–Kier alpha value is -2.47. The van der Waals surface area contributed by atoms with Crippen molar-refractivity contribution in [2.45, 2.75) is 55.8 Å². The molecule has 1 fully saturated rings. The zero-order valence-corrected chi connectivity index (χ0v) is 17.4. The molecule has 1 saturated heterocycles. The van der Waals surface area contributed by atoms with Crippen LogP contribution in [0.2, 0.25) is 0 Å². The molecule has 2 aliphatic rings. The summed E-state index contributed by atoms with van der Waals surface area (Å²) in [5, 5.41) is 4.13. The second-order valence-corrected chi connectivity index (χ2v) is 9.89. The summed E-state index contributed by atoms with van der Waals surface area (Å²) in [5.74, 6) is 0.353. The standard InChI is InChI=1S/C19H21F3N6O2S/c20-19(21,22)15-9-17-24-12-25-28(17)11-14(15)13-4-7-26(8-5-13)31(29,30)18-10-23-16-3-1-2-6-27(16)18/h9-13H,1-8H2. The second-order valence-electron chi connectivity index (χ2n) is 8.00. The van der Waals surface area contributed by atoms with Crippen LogP contribution in [0.1, 0.15) is 48.6 Å². The van der Waals surface area contributed by atoms with E-state index < -0.39 is 27.7 Å². The molecule has 0 amide bonds. The van der Waals surface area contributed by atoms with E-state index in [4.69, 9.17) is 0 Å². The lowest BCUT2D eigenvalue weighted by Gasteiger charge is -2.32. The fourth-order valence-corrected chi connectivity index (χ4v) is 6.20. The fourth-order valence-electron chi connectivity index (χ4n) is 4.58. The summed E-state index contributed by atoms with van der Waals surface area (Å²) in [6.07, 6.45) is 2.69. The van der Waals surface area contributed by atoms with Crippen LogP contribution < -0.4 is 0 Å². The van der Waals surface area contributed by atoms with Crippen LogP contribution in [0.3, 0.4) is 0 Å². The van der Waals surface area contributed by atoms with Gasteiger partial charge in [-0.2, -0.15) is 22.6 Å². The van der Waals surface area contributed by atoms with Crippen molar-refractivity contribution < 1.29 is 21.6 Å². The predicted molar refractivity (Wildman–Crippen MR) is 104 cm³/mol. The smallest absolute Gasteiger partial charge is 0.318 e. The van der Waals surface area contributed by atoms with Crippen molar-refractivity contribution in [3.63, 3.8) is 0 Å². The third-order valence-corrected chi connectivity index (χ3v) is 8.08. The first kappa shape index (κ1) is 20.4. The third-order valence-electron chi connectivity index (χ3n) is 6.18. The maximum Gasteiger partial charge on any atom is 0.416 e. The van der Waals surface area contributed by atoms with Gasteiger partial charge in [0.05, 0.1) is 11.8 Å². The van der Waals surface area contributed by atoms with Crippen LogP contribution in [-0.2, 0) is 29.2 Å². The number of hydrogen-bond acceptors (Lipinski definition) is 5. The maximum atomic E-state index is 13.7. The van der Waals surface area contributed by atoms with Crippen molar-refractivity contribution >= 4 is 15.7 Å². The molecule has 3 aromatic heterocycles. The summed E-state index contributed by atoms with van der Waals surface area (Å²) in [5.41, 5.74) is -0.481. The van der Waals surface area contributed by atoms with Gasteiger partial charge in [-0.15, -0.1) is 0 Å². The van der Waals surface area contributed by atoms with Crippen LogP contribution >= 0.6 is 0 Å². The molecule has 0 bridgehead atoms. The Bertz CT molecular complexity index is 1230. The van der Waals surface area contributed by atoms with E-state index in [-0.39, 0.29) is 29.3 Å². The van der Waals surface area contributed by atoms with E-state index in [0.29, 0.717) is 19.4 Å². The summed E-state index contributed by atoms with van der Waals surface area (Å²) in [4.78, 5) is 8.10. The fraction of sp³-hybridized carbons (Fsp3) is 0.526. The van der Waals surface area contributed by atoms with Gasteiger partial charge in [-0.05, 0) is 43.2 Å². The molecule has 0 spiro atoms. The first-order valence-electron chi connectivity index (χ1n) is 10.2. The molecule has 0 unspecified atom stereocenters. The average molecular weight is 454 g/mol. The Kier molecular flexibility index (Phi) is 4.81. The van der Waals surface area contributed by atoms with E-state index in [1.54, 1.807) is 4.57 Å². The highest BCUT2D eigenvalue weighted by atomic mass is 32.2. The molecule has 3 aromatic rings. The molecular formula is C19H21F3N6O2S. The van der Waals surface area contributed by atoms with Crippen molar-refractivity contribution in [1.82, 2.24) is 28.5 Å². The average Bonchev–Trinajstić information content (AvgIpc) is 3.39. The first-order chi connectivity index (χ1) is 14.7. The Labute approximate surface area is 176 Å². The van der Waals surface area contributed by atoms with E-state index in [1.165, 1.54) is 27.5 Å². The molecular weight excluding hydrogens is 433 g/mol. The quantitative estimate of drug-likeness (QED) is 0.608. The lowest BCUT2D eigenvalue weighted by Crippen LogP contribution is -2.39. The Morgan fingerprint density at radius 3 is 2.58 bits per heavy atom. The molecule has 12 heteroatoms. The number of aryl methyl sites for hydroxylation is 1. The van der Waals surface area contributed by atoms with E-state index in [2.05, 4.69) is 15.1 Å². The molecule has 0 aliphatic carbocycles. The number of halogens is 3. The van der Waals surface area contributed by atoms with E-state index >= 15 is 0 Å². The molecule has 0 N–H and O–H groups in total. The lowest BCUT2D eigenvalue weighted by molar-refractivity contribution is -0.138. The van der Waals surface area contributed by atoms with Gasteiger partial charge >= 0.3 is 6.18 Å². The van der Waals surface area contributed by atoms with Gasteiger partial charge in [-0.1, -0.05) is 0 Å². The Morgan fingerprint density at radius 2 is 1.84 bits per heavy atom. The van der Waals surface area contributed by atoms with Crippen LogP contribution in [0.25, 0.3) is 5.65 Å². The number of nitrogens with zero attached hydrogens (tertiary/aromatic N) is 6. The zero-order chi connectivity index (χ0) is 21.8. The summed E-state index contributed by atoms with van der Waals surface area (Å²) in [7, 11) is -3.75. The number of piperidine rings is 1. The number of sulfonamides is 1. The largest absolute Gasteiger partial charge is 0.416 e. The van der Waals surface area contributed by atoms with Gasteiger partial charge in [0.15, 0.2) is 10.7 Å². The monoisotopic (exact) mass is 454 g/mol. The summed E-state index contributed by atoms with van der Waals surface area (Å²) >= 11 is 0. The van der Waals surface area contributed by atoms with E-state index in [1.807, 2.05) is 0 Å². The molecule has 0 aromatic carbocycles. The zero-order valence-electron chi connectivity index (χ0n) is 16.6. The molecule has 5 heterocycles. The number of imidazole rings is 1. The van der Waals surface area contributed by atoms with Gasteiger partial charge < -0.3 is 4.57 Å². The number of pyridine rings is 1. The third kappa shape index (κ3) is 3.51. The van der Waals surface area contributed by atoms with Crippen LogP contribution in [0.4, 0.5) is 13.2 Å². The summed E-state index contributed by atoms with van der Waals surface area (Å²) in [6.45, 7) is 0.924. The van der Waals surface area contributed by atoms with Gasteiger partial charge in [-0.3, -0.25) is 0 Å². The van der Waals surface area contributed by atoms with Crippen molar-refractivity contribution in [2.75, 3.05) is 13.1 Å². The maximum absolute atomic E-state index is 13.7. The summed E-state index contributed by atoms with van der Waals surface area (Å²) in [6, 6.07) is 1.00. The van der Waals surface area contributed by atoms with E-state index in [9.17, 15) is 21.6 Å². The van der Waals surface area contributed by atoms with Gasteiger partial charge in [0.25, 0.3) is 10.0 Å². The van der Waals surface area contributed by atoms with Crippen LogP contribution in [0.15, 0.2) is 29.8 Å². The molecule has 5 rings (SSSR count). The molecule has 166 valence electrons. The topological polar surface area (TPSA) is 85.4 Å². The summed E-state index contributed by atoms with van der Waals surface area (Å²) < 4.78 is 71.9. The van der Waals surface area contributed by atoms with Gasteiger partial charge in [0.1, 0.15) is 12.2 Å². The molecule has 2 aliphatic heterocycles. The van der Waals surface area contributed by atoms with Crippen molar-refractivity contribution in [1.29, 1.82) is 0 Å². The molecule has 0 atom stereocenters. The number of hydrogen-bond donors (Lipinski definition) is 0. The molecule has 0 saturated carbocycles. The lowest BCUT2D eigenvalue weighted by atomic mass is 9.88. The first-order valence-corrected chi connectivity index (χ1v) is 11.6. The van der Waals surface area contributed by atoms with Crippen molar-refractivity contribution in [2.24, 2.45) is 0 Å². The minimum absolute atomic E-state index is 0.126. The predicted octanol–water partition coefficient (Wildman–Crippen LogP) is 2.85. The van der Waals surface area contributed by atoms with Crippen LogP contribution in [0.5, 0.6) is 0 Å². The number of rotatable bonds is 3. The second kappa shape index (κ2) is 7.30. The molecule has 31 heavy (non-hydrogen) atoms.